The van der Waals surface area contributed by atoms with Gasteiger partial charge in [-0.3, -0.25) is 25.3 Å². The minimum absolute atomic E-state index is 0.206. The first-order chi connectivity index (χ1) is 16.4. The third kappa shape index (κ3) is 5.47. The lowest BCUT2D eigenvalue weighted by Crippen LogP contribution is -2.41. The maximum Gasteiger partial charge on any atom is 0.321 e. The van der Waals surface area contributed by atoms with E-state index in [9.17, 15) is 14.4 Å². The van der Waals surface area contributed by atoms with E-state index in [1.54, 1.807) is 65.6 Å². The van der Waals surface area contributed by atoms with Gasteiger partial charge < -0.3 is 10.1 Å². The van der Waals surface area contributed by atoms with E-state index in [0.717, 1.165) is 11.1 Å². The number of carbonyl (C=O) groups excluding carboxylic acids is 3. The summed E-state index contributed by atoms with van der Waals surface area (Å²) >= 11 is 6.03. The van der Waals surface area contributed by atoms with Gasteiger partial charge in [0.2, 0.25) is 0 Å². The number of hydrogen-bond acceptors (Lipinski definition) is 4. The number of hydrogen-bond donors (Lipinski definition) is 3. The van der Waals surface area contributed by atoms with Crippen molar-refractivity contribution in [2.75, 3.05) is 18.0 Å². The van der Waals surface area contributed by atoms with Gasteiger partial charge in [0.15, 0.2) is 0 Å². The van der Waals surface area contributed by atoms with Crippen LogP contribution in [-0.4, -0.2) is 30.9 Å². The summed E-state index contributed by atoms with van der Waals surface area (Å²) in [4.78, 5) is 38.3. The Kier molecular flexibility index (Phi) is 6.98. The summed E-state index contributed by atoms with van der Waals surface area (Å²) in [5.74, 6) is -0.233. The number of amides is 4. The molecule has 1 saturated heterocycles. The molecule has 0 saturated carbocycles. The normalized spacial score (nSPS) is 12.8. The van der Waals surface area contributed by atoms with E-state index in [0.29, 0.717) is 47.3 Å². The molecule has 8 nitrogen and oxygen atoms in total. The molecule has 1 aliphatic heterocycles. The highest BCUT2D eigenvalue weighted by Crippen LogP contribution is 2.22. The van der Waals surface area contributed by atoms with Crippen LogP contribution in [0.5, 0.6) is 5.75 Å². The Hall–Kier alpha value is -4.04. The monoisotopic (exact) mass is 478 g/mol. The summed E-state index contributed by atoms with van der Waals surface area (Å²) in [5.41, 5.74) is 7.95. The molecule has 174 valence electrons. The number of rotatable bonds is 6. The number of hydrazine groups is 1. The predicted molar refractivity (Wildman–Crippen MR) is 129 cm³/mol. The summed E-state index contributed by atoms with van der Waals surface area (Å²) in [6.07, 6.45) is 0. The first kappa shape index (κ1) is 23.1. The summed E-state index contributed by atoms with van der Waals surface area (Å²) in [6, 6.07) is 18.8. The highest BCUT2D eigenvalue weighted by molar-refractivity contribution is 6.31. The van der Waals surface area contributed by atoms with Crippen LogP contribution in [0.3, 0.4) is 0 Å². The van der Waals surface area contributed by atoms with Crippen LogP contribution in [0, 0.1) is 6.92 Å². The fraction of sp³-hybridized carbons (Fsp3) is 0.160. The van der Waals surface area contributed by atoms with Gasteiger partial charge >= 0.3 is 6.03 Å². The number of aryl methyl sites for hydroxylation is 1. The molecular formula is C25H23ClN4O4. The molecule has 34 heavy (non-hydrogen) atoms. The molecule has 0 spiro atoms. The van der Waals surface area contributed by atoms with E-state index < -0.39 is 11.8 Å². The zero-order valence-corrected chi connectivity index (χ0v) is 19.2. The summed E-state index contributed by atoms with van der Waals surface area (Å²) < 4.78 is 5.76. The lowest BCUT2D eigenvalue weighted by atomic mass is 10.1. The standard InChI is InChI=1S/C25H23ClN4O4/c1-16-13-21(9-10-22(16)26)34-15-17-5-7-18(8-6-17)23(31)28-29-24(32)19-3-2-4-20(14-19)30-12-11-27-25(30)33/h2-10,13-14H,11-12,15H2,1H3,(H,27,33)(H,28,31)(H,29,32). The van der Waals surface area contributed by atoms with E-state index in [-0.39, 0.29) is 6.03 Å². The van der Waals surface area contributed by atoms with Crippen molar-refractivity contribution in [1.29, 1.82) is 0 Å². The smallest absolute Gasteiger partial charge is 0.321 e. The van der Waals surface area contributed by atoms with Crippen molar-refractivity contribution in [2.24, 2.45) is 0 Å². The van der Waals surface area contributed by atoms with Crippen LogP contribution in [0.15, 0.2) is 66.7 Å². The van der Waals surface area contributed by atoms with Gasteiger partial charge in [-0.05, 0) is 66.6 Å². The molecule has 0 unspecified atom stereocenters. The van der Waals surface area contributed by atoms with Gasteiger partial charge in [0.05, 0.1) is 0 Å². The molecule has 0 radical (unpaired) electrons. The topological polar surface area (TPSA) is 99.8 Å². The fourth-order valence-electron chi connectivity index (χ4n) is 3.42. The molecule has 1 heterocycles. The van der Waals surface area contributed by atoms with E-state index in [2.05, 4.69) is 16.2 Å². The number of benzene rings is 3. The first-order valence-electron chi connectivity index (χ1n) is 10.6. The molecular weight excluding hydrogens is 456 g/mol. The second-order valence-electron chi connectivity index (χ2n) is 7.74. The zero-order chi connectivity index (χ0) is 24.1. The average molecular weight is 479 g/mol. The second-order valence-corrected chi connectivity index (χ2v) is 8.15. The van der Waals surface area contributed by atoms with Crippen LogP contribution < -0.4 is 25.8 Å². The number of anilines is 1. The Labute approximate surface area is 201 Å². The maximum absolute atomic E-state index is 12.5. The van der Waals surface area contributed by atoms with Gasteiger partial charge in [-0.15, -0.1) is 0 Å². The van der Waals surface area contributed by atoms with Gasteiger partial charge in [-0.1, -0.05) is 29.8 Å². The number of nitrogens with one attached hydrogen (secondary N) is 3. The third-order valence-corrected chi connectivity index (χ3v) is 5.74. The van der Waals surface area contributed by atoms with Crippen LogP contribution in [0.4, 0.5) is 10.5 Å². The quantitative estimate of drug-likeness (QED) is 0.469. The third-order valence-electron chi connectivity index (χ3n) is 5.32. The molecule has 0 atom stereocenters. The molecule has 3 aromatic carbocycles. The number of carbonyl (C=O) groups is 3. The molecule has 9 heteroatoms. The van der Waals surface area contributed by atoms with Gasteiger partial charge in [-0.2, -0.15) is 0 Å². The van der Waals surface area contributed by atoms with E-state index in [1.165, 1.54) is 0 Å². The summed E-state index contributed by atoms with van der Waals surface area (Å²) in [7, 11) is 0. The van der Waals surface area contributed by atoms with Crippen molar-refractivity contribution in [3.05, 3.63) is 94.0 Å². The lowest BCUT2D eigenvalue weighted by Gasteiger charge is -2.15. The largest absolute Gasteiger partial charge is 0.489 e. The van der Waals surface area contributed by atoms with E-state index in [1.807, 2.05) is 13.0 Å². The lowest BCUT2D eigenvalue weighted by molar-refractivity contribution is 0.0846. The molecule has 1 fully saturated rings. The van der Waals surface area contributed by atoms with Gasteiger partial charge in [0.25, 0.3) is 11.8 Å². The highest BCUT2D eigenvalue weighted by Gasteiger charge is 2.21. The van der Waals surface area contributed by atoms with Crippen molar-refractivity contribution in [3.8, 4) is 5.75 Å². The minimum Gasteiger partial charge on any atom is -0.489 e. The van der Waals surface area contributed by atoms with Gasteiger partial charge in [-0.25, -0.2) is 4.79 Å². The minimum atomic E-state index is -0.488. The Morgan fingerprint density at radius 1 is 1.00 bits per heavy atom. The maximum atomic E-state index is 12.5. The molecule has 3 aromatic rings. The highest BCUT2D eigenvalue weighted by atomic mass is 35.5. The number of ether oxygens (including phenoxy) is 1. The van der Waals surface area contributed by atoms with Gasteiger partial charge in [0, 0.05) is 34.9 Å². The van der Waals surface area contributed by atoms with Crippen molar-refractivity contribution >= 4 is 35.1 Å². The van der Waals surface area contributed by atoms with Crippen molar-refractivity contribution in [2.45, 2.75) is 13.5 Å². The van der Waals surface area contributed by atoms with Crippen molar-refractivity contribution < 1.29 is 19.1 Å². The second kappa shape index (κ2) is 10.3. The fourth-order valence-corrected chi connectivity index (χ4v) is 3.53. The molecule has 0 aromatic heterocycles. The number of urea groups is 1. The SMILES string of the molecule is Cc1cc(OCc2ccc(C(=O)NNC(=O)c3cccc(N4CCNC4=O)c3)cc2)ccc1Cl. The molecule has 3 N–H and O–H groups in total. The van der Waals surface area contributed by atoms with Crippen LogP contribution >= 0.6 is 11.6 Å². The Morgan fingerprint density at radius 3 is 2.41 bits per heavy atom. The first-order valence-corrected chi connectivity index (χ1v) is 11.0. The zero-order valence-electron chi connectivity index (χ0n) is 18.4. The van der Waals surface area contributed by atoms with Crippen molar-refractivity contribution in [3.63, 3.8) is 0 Å². The van der Waals surface area contributed by atoms with Crippen LogP contribution in [0.1, 0.15) is 31.8 Å². The molecule has 4 rings (SSSR count). The number of halogens is 1. The summed E-state index contributed by atoms with van der Waals surface area (Å²) in [6.45, 7) is 3.33. The number of nitrogens with zero attached hydrogens (tertiary/aromatic N) is 1. The van der Waals surface area contributed by atoms with Gasteiger partial charge in [0.1, 0.15) is 12.4 Å². The van der Waals surface area contributed by atoms with E-state index >= 15 is 0 Å². The molecule has 0 aliphatic carbocycles. The van der Waals surface area contributed by atoms with Crippen LogP contribution in [-0.2, 0) is 6.61 Å². The van der Waals surface area contributed by atoms with E-state index in [4.69, 9.17) is 16.3 Å². The molecule has 0 bridgehead atoms. The average Bonchev–Trinajstić information content (AvgIpc) is 3.29. The molecule has 4 amide bonds. The van der Waals surface area contributed by atoms with Crippen molar-refractivity contribution in [1.82, 2.24) is 16.2 Å². The van der Waals surface area contributed by atoms with Crippen LogP contribution in [0.25, 0.3) is 0 Å². The van der Waals surface area contributed by atoms with Crippen LogP contribution in [0.2, 0.25) is 5.02 Å². The summed E-state index contributed by atoms with van der Waals surface area (Å²) in [5, 5.41) is 3.40. The Bertz CT molecular complexity index is 1230. The Balaban J connectivity index is 1.30. The molecule has 1 aliphatic rings. The Morgan fingerprint density at radius 2 is 1.74 bits per heavy atom. The predicted octanol–water partition coefficient (Wildman–Crippen LogP) is 3.83.